The second-order valence-corrected chi connectivity index (χ2v) is 4.45. The molecule has 0 unspecified atom stereocenters. The summed E-state index contributed by atoms with van der Waals surface area (Å²) in [5, 5.41) is 13.8. The van der Waals surface area contributed by atoms with Crippen molar-refractivity contribution >= 4 is 11.6 Å². The van der Waals surface area contributed by atoms with Crippen LogP contribution < -0.4 is 10.6 Å². The minimum absolute atomic E-state index is 0.180. The number of aromatic nitrogens is 1. The molecular formula is C16H12F2N4O. The summed E-state index contributed by atoms with van der Waals surface area (Å²) >= 11 is 0. The van der Waals surface area contributed by atoms with Crippen molar-refractivity contribution < 1.29 is 13.6 Å². The number of para-hydroxylation sites is 1. The third-order valence-corrected chi connectivity index (χ3v) is 2.86. The summed E-state index contributed by atoms with van der Waals surface area (Å²) in [6, 6.07) is 8.49. The summed E-state index contributed by atoms with van der Waals surface area (Å²) in [5.74, 6) is -2.32. The Hall–Kier alpha value is -3.27. The molecule has 0 aliphatic heterocycles. The summed E-state index contributed by atoms with van der Waals surface area (Å²) in [4.78, 5) is 15.8. The normalized spacial score (nSPS) is 10.7. The molecule has 0 fully saturated rings. The van der Waals surface area contributed by atoms with Crippen LogP contribution in [0.3, 0.4) is 0 Å². The van der Waals surface area contributed by atoms with Crippen LogP contribution in [0.25, 0.3) is 0 Å². The van der Waals surface area contributed by atoms with Gasteiger partial charge in [-0.15, -0.1) is 0 Å². The number of anilines is 1. The van der Waals surface area contributed by atoms with E-state index in [4.69, 9.17) is 5.26 Å². The van der Waals surface area contributed by atoms with Crippen LogP contribution in [0.2, 0.25) is 0 Å². The molecule has 2 N–H and O–H groups in total. The molecule has 1 amide bonds. The number of pyridine rings is 1. The van der Waals surface area contributed by atoms with Crippen LogP contribution in [0.4, 0.5) is 14.5 Å². The van der Waals surface area contributed by atoms with Crippen molar-refractivity contribution in [3.63, 3.8) is 0 Å². The lowest BCUT2D eigenvalue weighted by atomic mass is 10.2. The molecule has 0 saturated carbocycles. The molecule has 7 heteroatoms. The first-order valence-electron chi connectivity index (χ1n) is 6.59. The SMILES string of the molecule is N#C/C(=C/Nc1c(F)cccc1F)C(=O)NCc1cccnc1. The highest BCUT2D eigenvalue weighted by molar-refractivity contribution is 5.97. The zero-order chi connectivity index (χ0) is 16.7. The summed E-state index contributed by atoms with van der Waals surface area (Å²) < 4.78 is 26.9. The highest BCUT2D eigenvalue weighted by Gasteiger charge is 2.11. The minimum atomic E-state index is -0.825. The Balaban J connectivity index is 2.04. The molecule has 1 heterocycles. The van der Waals surface area contributed by atoms with Gasteiger partial charge in [-0.05, 0) is 23.8 Å². The van der Waals surface area contributed by atoms with E-state index < -0.39 is 23.2 Å². The van der Waals surface area contributed by atoms with Crippen molar-refractivity contribution in [2.24, 2.45) is 0 Å². The van der Waals surface area contributed by atoms with Crippen molar-refractivity contribution in [2.45, 2.75) is 6.54 Å². The highest BCUT2D eigenvalue weighted by Crippen LogP contribution is 2.18. The maximum Gasteiger partial charge on any atom is 0.263 e. The Morgan fingerprint density at radius 3 is 2.61 bits per heavy atom. The summed E-state index contributed by atoms with van der Waals surface area (Å²) in [6.07, 6.45) is 4.13. The van der Waals surface area contributed by atoms with E-state index in [1.807, 2.05) is 0 Å². The van der Waals surface area contributed by atoms with E-state index in [0.29, 0.717) is 0 Å². The van der Waals surface area contributed by atoms with Gasteiger partial charge in [-0.2, -0.15) is 5.26 Å². The maximum atomic E-state index is 13.5. The average molecular weight is 314 g/mol. The van der Waals surface area contributed by atoms with Crippen LogP contribution in [0, 0.1) is 23.0 Å². The number of hydrogen-bond acceptors (Lipinski definition) is 4. The van der Waals surface area contributed by atoms with Gasteiger partial charge in [0.25, 0.3) is 5.91 Å². The van der Waals surface area contributed by atoms with Crippen molar-refractivity contribution in [1.82, 2.24) is 10.3 Å². The Morgan fingerprint density at radius 2 is 2.00 bits per heavy atom. The maximum absolute atomic E-state index is 13.5. The molecule has 0 bridgehead atoms. The lowest BCUT2D eigenvalue weighted by Gasteiger charge is -2.06. The van der Waals surface area contributed by atoms with Gasteiger partial charge in [0.15, 0.2) is 0 Å². The van der Waals surface area contributed by atoms with Gasteiger partial charge in [0, 0.05) is 25.1 Å². The summed E-state index contributed by atoms with van der Waals surface area (Å²) in [5.41, 5.74) is 0.0168. The third kappa shape index (κ3) is 4.35. The molecule has 2 aromatic rings. The van der Waals surface area contributed by atoms with E-state index in [1.165, 1.54) is 6.07 Å². The van der Waals surface area contributed by atoms with E-state index in [9.17, 15) is 13.6 Å². The Bertz CT molecular complexity index is 749. The van der Waals surface area contributed by atoms with Crippen LogP contribution in [0.15, 0.2) is 54.5 Å². The predicted octanol–water partition coefficient (Wildman–Crippen LogP) is 2.50. The van der Waals surface area contributed by atoms with Crippen molar-refractivity contribution in [3.8, 4) is 6.07 Å². The molecule has 0 aliphatic carbocycles. The lowest BCUT2D eigenvalue weighted by molar-refractivity contribution is -0.117. The molecule has 0 aliphatic rings. The zero-order valence-corrected chi connectivity index (χ0v) is 11.9. The molecular weight excluding hydrogens is 302 g/mol. The molecule has 2 rings (SSSR count). The van der Waals surface area contributed by atoms with Crippen LogP contribution in [-0.2, 0) is 11.3 Å². The monoisotopic (exact) mass is 314 g/mol. The van der Waals surface area contributed by atoms with Crippen molar-refractivity contribution in [2.75, 3.05) is 5.32 Å². The van der Waals surface area contributed by atoms with Crippen LogP contribution in [0.5, 0.6) is 0 Å². The van der Waals surface area contributed by atoms with E-state index >= 15 is 0 Å². The first-order chi connectivity index (χ1) is 11.1. The molecule has 0 atom stereocenters. The van der Waals surface area contributed by atoms with Gasteiger partial charge in [-0.3, -0.25) is 9.78 Å². The molecule has 1 aromatic carbocycles. The Kier molecular flexibility index (Phi) is 5.36. The fraction of sp³-hybridized carbons (Fsp3) is 0.0625. The number of carbonyl (C=O) groups excluding carboxylic acids is 1. The van der Waals surface area contributed by atoms with Gasteiger partial charge in [0.05, 0.1) is 0 Å². The lowest BCUT2D eigenvalue weighted by Crippen LogP contribution is -2.24. The molecule has 1 aromatic heterocycles. The third-order valence-electron chi connectivity index (χ3n) is 2.86. The van der Waals surface area contributed by atoms with Crippen molar-refractivity contribution in [3.05, 3.63) is 71.7 Å². The van der Waals surface area contributed by atoms with Crippen LogP contribution in [-0.4, -0.2) is 10.9 Å². The summed E-state index contributed by atoms with van der Waals surface area (Å²) in [7, 11) is 0. The first kappa shape index (κ1) is 16.1. The molecule has 0 spiro atoms. The molecule has 5 nitrogen and oxygen atoms in total. The number of nitrogens with zero attached hydrogens (tertiary/aromatic N) is 2. The van der Waals surface area contributed by atoms with Crippen LogP contribution in [0.1, 0.15) is 5.56 Å². The number of nitriles is 1. The second kappa shape index (κ2) is 7.66. The fourth-order valence-electron chi connectivity index (χ4n) is 1.71. The quantitative estimate of drug-likeness (QED) is 0.656. The van der Waals surface area contributed by atoms with Gasteiger partial charge < -0.3 is 10.6 Å². The smallest absolute Gasteiger partial charge is 0.263 e. The predicted molar refractivity (Wildman–Crippen MR) is 79.8 cm³/mol. The molecule has 23 heavy (non-hydrogen) atoms. The van der Waals surface area contributed by atoms with Gasteiger partial charge in [0.2, 0.25) is 0 Å². The van der Waals surface area contributed by atoms with Crippen molar-refractivity contribution in [1.29, 1.82) is 5.26 Å². The number of halogens is 2. The summed E-state index contributed by atoms with van der Waals surface area (Å²) in [6.45, 7) is 0.180. The zero-order valence-electron chi connectivity index (χ0n) is 11.9. The molecule has 0 radical (unpaired) electrons. The van der Waals surface area contributed by atoms with E-state index in [0.717, 1.165) is 23.9 Å². The number of nitrogens with one attached hydrogen (secondary N) is 2. The topological polar surface area (TPSA) is 77.8 Å². The standard InChI is InChI=1S/C16H12F2N4O/c17-13-4-1-5-14(18)15(13)21-10-12(7-19)16(23)22-9-11-3-2-6-20-8-11/h1-6,8,10,21H,9H2,(H,22,23)/b12-10-. The highest BCUT2D eigenvalue weighted by atomic mass is 19.1. The van der Waals surface area contributed by atoms with E-state index in [2.05, 4.69) is 15.6 Å². The Labute approximate surface area is 131 Å². The van der Waals surface area contributed by atoms with Gasteiger partial charge in [-0.1, -0.05) is 12.1 Å². The molecule has 116 valence electrons. The number of hydrogen-bond donors (Lipinski definition) is 2. The van der Waals surface area contributed by atoms with Gasteiger partial charge in [0.1, 0.15) is 29.0 Å². The number of rotatable bonds is 5. The fourth-order valence-corrected chi connectivity index (χ4v) is 1.71. The van der Waals surface area contributed by atoms with Gasteiger partial charge >= 0.3 is 0 Å². The Morgan fingerprint density at radius 1 is 1.26 bits per heavy atom. The van der Waals surface area contributed by atoms with E-state index in [1.54, 1.807) is 30.6 Å². The number of carbonyl (C=O) groups is 1. The average Bonchev–Trinajstić information content (AvgIpc) is 2.56. The second-order valence-electron chi connectivity index (χ2n) is 4.45. The largest absolute Gasteiger partial charge is 0.355 e. The molecule has 0 saturated heterocycles. The van der Waals surface area contributed by atoms with Gasteiger partial charge in [-0.25, -0.2) is 8.78 Å². The first-order valence-corrected chi connectivity index (χ1v) is 6.59. The van der Waals surface area contributed by atoms with Crippen LogP contribution >= 0.6 is 0 Å². The minimum Gasteiger partial charge on any atom is -0.355 e. The number of amides is 1. The van der Waals surface area contributed by atoms with E-state index in [-0.39, 0.29) is 12.1 Å². The number of benzene rings is 1.